The Morgan fingerprint density at radius 1 is 1.06 bits per heavy atom. The van der Waals surface area contributed by atoms with Crippen molar-refractivity contribution < 1.29 is 22.8 Å². The lowest BCUT2D eigenvalue weighted by Crippen LogP contribution is -2.38. The molecule has 0 bridgehead atoms. The van der Waals surface area contributed by atoms with Crippen LogP contribution in [-0.2, 0) is 17.4 Å². The second kappa shape index (κ2) is 9.95. The maximum absolute atomic E-state index is 13.1. The minimum Gasteiger partial charge on any atom is -0.328 e. The van der Waals surface area contributed by atoms with Gasteiger partial charge in [-0.2, -0.15) is 13.2 Å². The van der Waals surface area contributed by atoms with Gasteiger partial charge in [0.1, 0.15) is 17.2 Å². The van der Waals surface area contributed by atoms with Crippen LogP contribution in [0.25, 0.3) is 10.6 Å². The van der Waals surface area contributed by atoms with Gasteiger partial charge < -0.3 is 10.2 Å². The van der Waals surface area contributed by atoms with E-state index in [2.05, 4.69) is 17.2 Å². The molecule has 0 spiro atoms. The number of aryl methyl sites for hydroxylation is 1. The lowest BCUT2D eigenvalue weighted by molar-refractivity contribution is -0.137. The van der Waals surface area contributed by atoms with Crippen molar-refractivity contribution in [1.29, 1.82) is 0 Å². The predicted molar refractivity (Wildman–Crippen MR) is 119 cm³/mol. The molecule has 1 heterocycles. The first-order valence-corrected chi connectivity index (χ1v) is 10.9. The number of benzene rings is 2. The summed E-state index contributed by atoms with van der Waals surface area (Å²) in [4.78, 5) is 30.9. The highest BCUT2D eigenvalue weighted by molar-refractivity contribution is 7.13. The van der Waals surface area contributed by atoms with E-state index in [0.29, 0.717) is 5.01 Å². The summed E-state index contributed by atoms with van der Waals surface area (Å²) in [5.74, 6) is -1.18. The average Bonchev–Trinajstić information content (AvgIpc) is 3.27. The van der Waals surface area contributed by atoms with Crippen LogP contribution in [0.5, 0.6) is 0 Å². The van der Waals surface area contributed by atoms with Gasteiger partial charge in [0, 0.05) is 17.5 Å². The highest BCUT2D eigenvalue weighted by Crippen LogP contribution is 2.34. The van der Waals surface area contributed by atoms with Crippen LogP contribution in [-0.4, -0.2) is 34.8 Å². The molecule has 0 aliphatic carbocycles. The minimum atomic E-state index is -4.60. The predicted octanol–water partition coefficient (Wildman–Crippen LogP) is 5.49. The number of thiazole rings is 1. The molecule has 2 aromatic carbocycles. The van der Waals surface area contributed by atoms with Gasteiger partial charge in [0.25, 0.3) is 5.91 Å². The topological polar surface area (TPSA) is 62.3 Å². The number of carbonyl (C=O) groups excluding carboxylic acids is 2. The molecule has 32 heavy (non-hydrogen) atoms. The molecule has 0 atom stereocenters. The molecule has 0 unspecified atom stereocenters. The molecule has 2 amide bonds. The Morgan fingerprint density at radius 2 is 1.75 bits per heavy atom. The first-order chi connectivity index (χ1) is 15.2. The van der Waals surface area contributed by atoms with Crippen LogP contribution in [0, 0.1) is 0 Å². The minimum absolute atomic E-state index is 0.190. The van der Waals surface area contributed by atoms with E-state index in [4.69, 9.17) is 0 Å². The Bertz CT molecular complexity index is 1090. The highest BCUT2D eigenvalue weighted by atomic mass is 32.1. The number of anilines is 1. The van der Waals surface area contributed by atoms with Gasteiger partial charge in [0.05, 0.1) is 11.3 Å². The van der Waals surface area contributed by atoms with Crippen molar-refractivity contribution in [3.63, 3.8) is 0 Å². The van der Waals surface area contributed by atoms with Crippen LogP contribution in [0.3, 0.4) is 0 Å². The fourth-order valence-electron chi connectivity index (χ4n) is 3.08. The van der Waals surface area contributed by atoms with Crippen molar-refractivity contribution in [3.8, 4) is 10.6 Å². The Hall–Kier alpha value is -3.20. The molecule has 1 aromatic heterocycles. The average molecular weight is 462 g/mol. The zero-order valence-electron chi connectivity index (χ0n) is 17.6. The number of likely N-dealkylation sites (N-methyl/N-ethyl adjacent to an activating group) is 1. The number of halogens is 3. The molecular formula is C23H22F3N3O2S. The van der Waals surface area contributed by atoms with Gasteiger partial charge in [-0.3, -0.25) is 9.59 Å². The van der Waals surface area contributed by atoms with E-state index in [-0.39, 0.29) is 24.5 Å². The molecule has 0 aliphatic rings. The number of nitrogens with zero attached hydrogens (tertiary/aromatic N) is 2. The lowest BCUT2D eigenvalue weighted by Gasteiger charge is -2.20. The number of nitrogens with one attached hydrogen (secondary N) is 1. The second-order valence-electron chi connectivity index (χ2n) is 7.00. The standard InChI is InChI=1S/C23H22F3N3O2S/c1-3-15-9-11-16(12-10-15)21-28-19(14-32-21)22(31)29(4-2)13-20(30)27-18-8-6-5-7-17(18)23(24,25)26/h5-12,14H,3-4,13H2,1-2H3,(H,27,30). The Morgan fingerprint density at radius 3 is 2.38 bits per heavy atom. The molecule has 0 radical (unpaired) electrons. The van der Waals surface area contributed by atoms with Crippen LogP contribution in [0.15, 0.2) is 53.9 Å². The number of carbonyl (C=O) groups is 2. The van der Waals surface area contributed by atoms with E-state index >= 15 is 0 Å². The molecule has 5 nitrogen and oxygen atoms in total. The molecule has 0 saturated heterocycles. The van der Waals surface area contributed by atoms with Crippen LogP contribution < -0.4 is 5.32 Å². The van der Waals surface area contributed by atoms with E-state index in [1.807, 2.05) is 24.3 Å². The third-order valence-electron chi connectivity index (χ3n) is 4.84. The van der Waals surface area contributed by atoms with Crippen molar-refractivity contribution in [2.24, 2.45) is 0 Å². The van der Waals surface area contributed by atoms with Crippen molar-refractivity contribution in [2.45, 2.75) is 26.4 Å². The maximum Gasteiger partial charge on any atom is 0.418 e. The van der Waals surface area contributed by atoms with Gasteiger partial charge in [-0.25, -0.2) is 4.98 Å². The fraction of sp³-hybridized carbons (Fsp3) is 0.261. The van der Waals surface area contributed by atoms with Crippen molar-refractivity contribution >= 4 is 28.8 Å². The molecule has 9 heteroatoms. The van der Waals surface area contributed by atoms with E-state index in [1.54, 1.807) is 12.3 Å². The number of amides is 2. The molecule has 0 saturated carbocycles. The first kappa shape index (κ1) is 23.5. The Kier molecular flexibility index (Phi) is 7.29. The van der Waals surface area contributed by atoms with E-state index in [0.717, 1.165) is 18.1 Å². The number of hydrogen-bond donors (Lipinski definition) is 1. The maximum atomic E-state index is 13.1. The number of para-hydroxylation sites is 1. The summed E-state index contributed by atoms with van der Waals surface area (Å²) in [7, 11) is 0. The van der Waals surface area contributed by atoms with Gasteiger partial charge in [-0.05, 0) is 31.0 Å². The number of hydrogen-bond acceptors (Lipinski definition) is 4. The Balaban J connectivity index is 1.70. The summed E-state index contributed by atoms with van der Waals surface area (Å²) in [6, 6.07) is 12.6. The summed E-state index contributed by atoms with van der Waals surface area (Å²) in [5.41, 5.74) is 0.975. The quantitative estimate of drug-likeness (QED) is 0.506. The van der Waals surface area contributed by atoms with Gasteiger partial charge in [-0.15, -0.1) is 11.3 Å². The monoisotopic (exact) mass is 461 g/mol. The van der Waals surface area contributed by atoms with Gasteiger partial charge >= 0.3 is 6.18 Å². The van der Waals surface area contributed by atoms with E-state index in [1.165, 1.54) is 40.0 Å². The summed E-state index contributed by atoms with van der Waals surface area (Å²) in [6.45, 7) is 3.56. The third kappa shape index (κ3) is 5.53. The molecule has 3 rings (SSSR count). The number of aromatic nitrogens is 1. The highest BCUT2D eigenvalue weighted by Gasteiger charge is 2.33. The van der Waals surface area contributed by atoms with E-state index in [9.17, 15) is 22.8 Å². The summed E-state index contributed by atoms with van der Waals surface area (Å²) >= 11 is 1.31. The molecular weight excluding hydrogens is 439 g/mol. The normalized spacial score (nSPS) is 11.3. The van der Waals surface area contributed by atoms with Crippen molar-refractivity contribution in [3.05, 3.63) is 70.7 Å². The number of rotatable bonds is 7. The van der Waals surface area contributed by atoms with Crippen molar-refractivity contribution in [2.75, 3.05) is 18.4 Å². The zero-order valence-corrected chi connectivity index (χ0v) is 18.4. The van der Waals surface area contributed by atoms with Crippen LogP contribution in [0.2, 0.25) is 0 Å². The summed E-state index contributed by atoms with van der Waals surface area (Å²) < 4.78 is 39.4. The zero-order chi connectivity index (χ0) is 23.3. The van der Waals surface area contributed by atoms with Crippen LogP contribution in [0.4, 0.5) is 18.9 Å². The fourth-order valence-corrected chi connectivity index (χ4v) is 3.88. The smallest absolute Gasteiger partial charge is 0.328 e. The molecule has 1 N–H and O–H groups in total. The van der Waals surface area contributed by atoms with E-state index < -0.39 is 23.6 Å². The van der Waals surface area contributed by atoms with Crippen LogP contribution >= 0.6 is 11.3 Å². The lowest BCUT2D eigenvalue weighted by atomic mass is 10.1. The first-order valence-electron chi connectivity index (χ1n) is 10.0. The largest absolute Gasteiger partial charge is 0.418 e. The molecule has 0 fully saturated rings. The van der Waals surface area contributed by atoms with Gasteiger partial charge in [-0.1, -0.05) is 43.3 Å². The summed E-state index contributed by atoms with van der Waals surface area (Å²) in [5, 5.41) is 4.55. The third-order valence-corrected chi connectivity index (χ3v) is 5.73. The molecule has 3 aromatic rings. The number of alkyl halides is 3. The van der Waals surface area contributed by atoms with Crippen LogP contribution in [0.1, 0.15) is 35.5 Å². The molecule has 0 aliphatic heterocycles. The SMILES string of the molecule is CCc1ccc(-c2nc(C(=O)N(CC)CC(=O)Nc3ccccc3C(F)(F)F)cs2)cc1. The van der Waals surface area contributed by atoms with Gasteiger partial charge in [0.2, 0.25) is 5.91 Å². The summed E-state index contributed by atoms with van der Waals surface area (Å²) in [6.07, 6.45) is -3.68. The van der Waals surface area contributed by atoms with Gasteiger partial charge in [0.15, 0.2) is 0 Å². The Labute approximate surface area is 187 Å². The van der Waals surface area contributed by atoms with Crippen molar-refractivity contribution in [1.82, 2.24) is 9.88 Å². The molecule has 168 valence electrons. The second-order valence-corrected chi connectivity index (χ2v) is 7.86.